The fourth-order valence-electron chi connectivity index (χ4n) is 13.5. The number of hydrogen-bond acceptors (Lipinski definition) is 18. The summed E-state index contributed by atoms with van der Waals surface area (Å²) in [6.07, 6.45) is 71.0. The van der Waals surface area contributed by atoms with Crippen molar-refractivity contribution in [2.45, 2.75) is 464 Å². The average molecular weight is 1670 g/mol. The molecule has 24 heteroatoms. The number of phosphoric acid groups is 2. The van der Waals surface area contributed by atoms with Crippen LogP contribution in [0.25, 0.3) is 0 Å². The van der Waals surface area contributed by atoms with Gasteiger partial charge in [0, 0.05) is 63.1 Å². The quantitative estimate of drug-likeness (QED) is 0.0145. The maximum atomic E-state index is 13.0. The van der Waals surface area contributed by atoms with E-state index in [2.05, 4.69) is 38.3 Å². The van der Waals surface area contributed by atoms with Crippen molar-refractivity contribution in [1.82, 2.24) is 10.6 Å². The van der Waals surface area contributed by atoms with Gasteiger partial charge in [0.25, 0.3) is 0 Å². The first kappa shape index (κ1) is 110. The molecule has 2 unspecified atom stereocenters. The molecule has 112 heavy (non-hydrogen) atoms. The summed E-state index contributed by atoms with van der Waals surface area (Å²) in [5.74, 6) is -1.73. The molecule has 4 atom stereocenters. The third-order valence-electron chi connectivity index (χ3n) is 20.5. The van der Waals surface area contributed by atoms with Crippen molar-refractivity contribution in [3.05, 3.63) is 0 Å². The molecule has 0 bridgehead atoms. The van der Waals surface area contributed by atoms with Gasteiger partial charge in [-0.2, -0.15) is 0 Å². The lowest BCUT2D eigenvalue weighted by Gasteiger charge is -2.20. The van der Waals surface area contributed by atoms with Crippen LogP contribution in [0.4, 0.5) is 0 Å². The highest BCUT2D eigenvalue weighted by atomic mass is 33.1. The molecule has 662 valence electrons. The number of ether oxygens (including phenoxy) is 4. The number of unbranched alkanes of at least 4 members (excludes halogenated alkanes) is 56. The predicted octanol–water partition coefficient (Wildman–Crippen LogP) is 25.6. The molecule has 0 aromatic rings. The Morgan fingerprint density at radius 2 is 0.464 bits per heavy atom. The molecule has 20 nitrogen and oxygen atoms in total. The normalized spacial score (nSPS) is 13.2. The summed E-state index contributed by atoms with van der Waals surface area (Å²) >= 11 is 0. The molecule has 0 saturated carbocycles. The average Bonchev–Trinajstić information content (AvgIpc) is 0.912. The standard InChI is InChI=1S/C88H170N2O18P2S2/c1-5-9-13-17-21-25-29-33-37-41-45-49-53-57-61-65-85(93)101-77-81(107-87(95)67-63-59-55-51-47-43-39-35-31-27-23-19-15-11-7-3)79-105-109(97,98)103-73-71-89-83(91)69-75-111-112-76-70-84(92)90-72-74-104-110(99,100)106-80-82(108-88(96)68-64-60-56-52-48-44-40-36-32-28-24-20-16-12-8-4)78-102-86(94)66-62-58-54-50-46-42-38-34-30-26-22-18-14-10-6-2/h81-82H,5-80H2,1-4H3,(H,89,91)(H,90,92)(H,97,98)(H,99,100)/t81-,82-/m1/s1. The van der Waals surface area contributed by atoms with Crippen LogP contribution in [-0.2, 0) is 74.9 Å². The summed E-state index contributed by atoms with van der Waals surface area (Å²) < 4.78 is 68.8. The van der Waals surface area contributed by atoms with Crippen LogP contribution in [0.2, 0.25) is 0 Å². The molecule has 0 heterocycles. The first-order valence-electron chi connectivity index (χ1n) is 46.3. The fraction of sp³-hybridized carbons (Fsp3) is 0.932. The van der Waals surface area contributed by atoms with Crippen LogP contribution in [0.5, 0.6) is 0 Å². The molecule has 0 radical (unpaired) electrons. The van der Waals surface area contributed by atoms with E-state index in [4.69, 9.17) is 37.0 Å². The third kappa shape index (κ3) is 84.2. The van der Waals surface area contributed by atoms with Crippen molar-refractivity contribution < 1.29 is 84.7 Å². The number of rotatable bonds is 91. The van der Waals surface area contributed by atoms with Gasteiger partial charge in [0.15, 0.2) is 12.2 Å². The Bertz CT molecular complexity index is 2100. The summed E-state index contributed by atoms with van der Waals surface area (Å²) in [5.41, 5.74) is 0. The van der Waals surface area contributed by atoms with E-state index in [1.807, 2.05) is 0 Å². The summed E-state index contributed by atoms with van der Waals surface area (Å²) in [4.78, 5) is 97.8. The van der Waals surface area contributed by atoms with Crippen molar-refractivity contribution >= 4 is 72.9 Å². The number of amides is 2. The molecule has 2 amide bonds. The lowest BCUT2D eigenvalue weighted by molar-refractivity contribution is -0.161. The molecule has 0 spiro atoms. The molecule has 0 fully saturated rings. The topological polar surface area (TPSA) is 275 Å². The van der Waals surface area contributed by atoms with Crippen molar-refractivity contribution in [1.29, 1.82) is 0 Å². The zero-order valence-electron chi connectivity index (χ0n) is 72.0. The molecule has 4 N–H and O–H groups in total. The fourth-order valence-corrected chi connectivity index (χ4v) is 17.0. The van der Waals surface area contributed by atoms with Gasteiger partial charge in [0.1, 0.15) is 13.2 Å². The largest absolute Gasteiger partial charge is 0.472 e. The zero-order valence-corrected chi connectivity index (χ0v) is 75.5. The van der Waals surface area contributed by atoms with E-state index in [9.17, 15) is 47.7 Å². The van der Waals surface area contributed by atoms with Crippen molar-refractivity contribution in [3.63, 3.8) is 0 Å². The number of nitrogens with one attached hydrogen (secondary N) is 2. The minimum Gasteiger partial charge on any atom is -0.462 e. The molecular formula is C88H170N2O18P2S2. The van der Waals surface area contributed by atoms with E-state index in [0.29, 0.717) is 37.2 Å². The van der Waals surface area contributed by atoms with Crippen LogP contribution in [0.1, 0.15) is 451 Å². The lowest BCUT2D eigenvalue weighted by Crippen LogP contribution is -2.30. The second-order valence-electron chi connectivity index (χ2n) is 31.4. The molecule has 0 aliphatic carbocycles. The van der Waals surface area contributed by atoms with E-state index in [-0.39, 0.29) is 89.9 Å². The van der Waals surface area contributed by atoms with Gasteiger partial charge in [-0.05, 0) is 25.7 Å². The van der Waals surface area contributed by atoms with Crippen LogP contribution in [0.15, 0.2) is 0 Å². The number of carbonyl (C=O) groups excluding carboxylic acids is 6. The Morgan fingerprint density at radius 1 is 0.268 bits per heavy atom. The minimum absolute atomic E-state index is 0.0900. The van der Waals surface area contributed by atoms with E-state index >= 15 is 0 Å². The predicted molar refractivity (Wildman–Crippen MR) is 463 cm³/mol. The monoisotopic (exact) mass is 1670 g/mol. The summed E-state index contributed by atoms with van der Waals surface area (Å²) in [5, 5.41) is 5.28. The number of esters is 4. The smallest absolute Gasteiger partial charge is 0.462 e. The number of carbonyl (C=O) groups is 6. The van der Waals surface area contributed by atoms with Gasteiger partial charge in [0.05, 0.1) is 26.4 Å². The number of hydrogen-bond donors (Lipinski definition) is 4. The molecule has 0 aliphatic heterocycles. The van der Waals surface area contributed by atoms with E-state index in [0.717, 1.165) is 77.0 Å². The van der Waals surface area contributed by atoms with Crippen LogP contribution in [0.3, 0.4) is 0 Å². The summed E-state index contributed by atoms with van der Waals surface area (Å²) in [6.45, 7) is 6.35. The van der Waals surface area contributed by atoms with Crippen LogP contribution in [-0.4, -0.2) is 122 Å². The van der Waals surface area contributed by atoms with Gasteiger partial charge in [-0.3, -0.25) is 46.9 Å². The number of phosphoric ester groups is 2. The Kier molecular flexibility index (Phi) is 83.4. The van der Waals surface area contributed by atoms with Crippen LogP contribution >= 0.6 is 37.2 Å². The summed E-state index contributed by atoms with van der Waals surface area (Å²) in [6, 6.07) is 0. The Hall–Kier alpha value is -2.26. The maximum absolute atomic E-state index is 13.0. The third-order valence-corrected chi connectivity index (χ3v) is 24.9. The molecule has 0 saturated heterocycles. The van der Waals surface area contributed by atoms with E-state index < -0.39 is 64.9 Å². The van der Waals surface area contributed by atoms with Crippen molar-refractivity contribution in [2.75, 3.05) is 64.2 Å². The first-order valence-corrected chi connectivity index (χ1v) is 51.8. The molecule has 0 aromatic carbocycles. The Morgan fingerprint density at radius 3 is 0.679 bits per heavy atom. The highest BCUT2D eigenvalue weighted by molar-refractivity contribution is 8.76. The molecule has 0 aromatic heterocycles. The highest BCUT2D eigenvalue weighted by Crippen LogP contribution is 2.44. The highest BCUT2D eigenvalue weighted by Gasteiger charge is 2.28. The van der Waals surface area contributed by atoms with Crippen molar-refractivity contribution in [2.24, 2.45) is 0 Å². The van der Waals surface area contributed by atoms with Crippen molar-refractivity contribution in [3.8, 4) is 0 Å². The van der Waals surface area contributed by atoms with Gasteiger partial charge in [-0.1, -0.05) is 409 Å². The van der Waals surface area contributed by atoms with Crippen LogP contribution < -0.4 is 10.6 Å². The minimum atomic E-state index is -4.68. The van der Waals surface area contributed by atoms with Gasteiger partial charge in [-0.15, -0.1) is 0 Å². The van der Waals surface area contributed by atoms with Gasteiger partial charge < -0.3 is 39.4 Å². The lowest BCUT2D eigenvalue weighted by atomic mass is 10.0. The maximum Gasteiger partial charge on any atom is 0.472 e. The zero-order chi connectivity index (χ0) is 81.8. The van der Waals surface area contributed by atoms with E-state index in [1.165, 1.54) is 304 Å². The SMILES string of the molecule is CCCCCCCCCCCCCCCCCC(=O)OC[C@H](COP(=O)(O)OCCNC(=O)CCSSCCC(=O)NCCOP(=O)(O)OC[C@@H](COC(=O)CCCCCCCCCCCCCCCCC)OC(=O)CCCCCCCCCCCCCCCCC)OC(=O)CCCCCCCCCCCCCCCCC. The second-order valence-corrected chi connectivity index (χ2v) is 37.0. The van der Waals surface area contributed by atoms with E-state index in [1.54, 1.807) is 0 Å². The first-order chi connectivity index (χ1) is 54.6. The molecule has 0 rings (SSSR count). The molecular weight excluding hydrogens is 1500 g/mol. The summed E-state index contributed by atoms with van der Waals surface area (Å²) in [7, 11) is -6.59. The molecule has 0 aliphatic rings. The van der Waals surface area contributed by atoms with Gasteiger partial charge in [-0.25, -0.2) is 9.13 Å². The van der Waals surface area contributed by atoms with Crippen LogP contribution in [0, 0.1) is 0 Å². The second kappa shape index (κ2) is 85.2. The van der Waals surface area contributed by atoms with Gasteiger partial charge in [0.2, 0.25) is 11.8 Å². The van der Waals surface area contributed by atoms with Gasteiger partial charge >= 0.3 is 39.5 Å². The Labute approximate surface area is 692 Å². The Balaban J connectivity index is 4.85.